The number of pyridine rings is 2. The number of carbonyl (C=O) groups is 2. The van der Waals surface area contributed by atoms with Crippen molar-refractivity contribution in [2.24, 2.45) is 0 Å². The number of hydrogen-bond donors (Lipinski definition) is 0. The summed E-state index contributed by atoms with van der Waals surface area (Å²) in [4.78, 5) is 36.1. The maximum Gasteiger partial charge on any atom is 0.446 e. The van der Waals surface area contributed by atoms with Gasteiger partial charge < -0.3 is 4.90 Å². The summed E-state index contributed by atoms with van der Waals surface area (Å²) in [6, 6.07) is 13.6. The van der Waals surface area contributed by atoms with Gasteiger partial charge in [0.05, 0.1) is 17.1 Å². The van der Waals surface area contributed by atoms with E-state index >= 15 is 0 Å². The smallest absolute Gasteiger partial charge is 0.310 e. The van der Waals surface area contributed by atoms with Crippen LogP contribution in [0.5, 0.6) is 0 Å². The van der Waals surface area contributed by atoms with Gasteiger partial charge in [0.2, 0.25) is 0 Å². The van der Waals surface area contributed by atoms with Crippen molar-refractivity contribution < 1.29 is 22.8 Å². The average Bonchev–Trinajstić information content (AvgIpc) is 3.01. The molecule has 1 saturated heterocycles. The molecule has 1 aliphatic rings. The van der Waals surface area contributed by atoms with Gasteiger partial charge in [-0.15, -0.1) is 0 Å². The fraction of sp³-hybridized carbons (Fsp3) is 0.143. The molecule has 3 amide bonds. The number of urea groups is 1. The molecular weight excluding hydrogens is 429 g/mol. The average molecular weight is 444 g/mol. The third kappa shape index (κ3) is 4.85. The number of halogens is 3. The molecule has 4 rings (SSSR count). The van der Waals surface area contributed by atoms with Crippen LogP contribution >= 0.6 is 11.8 Å². The number of benzene rings is 1. The Morgan fingerprint density at radius 1 is 0.935 bits per heavy atom. The summed E-state index contributed by atoms with van der Waals surface area (Å²) in [5.41, 5.74) is -2.07. The van der Waals surface area contributed by atoms with Crippen LogP contribution in [0.1, 0.15) is 5.56 Å². The van der Waals surface area contributed by atoms with Gasteiger partial charge >= 0.3 is 11.5 Å². The predicted octanol–water partition coefficient (Wildman–Crippen LogP) is 4.72. The van der Waals surface area contributed by atoms with Crippen molar-refractivity contribution >= 4 is 29.4 Å². The number of carbonyl (C=O) groups excluding carboxylic acids is 2. The van der Waals surface area contributed by atoms with E-state index in [4.69, 9.17) is 0 Å². The van der Waals surface area contributed by atoms with Crippen molar-refractivity contribution in [3.8, 4) is 11.4 Å². The Kier molecular flexibility index (Phi) is 5.64. The normalized spacial score (nSPS) is 14.4. The third-order valence-electron chi connectivity index (χ3n) is 4.49. The Morgan fingerprint density at radius 2 is 1.68 bits per heavy atom. The highest BCUT2D eigenvalue weighted by Gasteiger charge is 2.37. The van der Waals surface area contributed by atoms with Gasteiger partial charge in [0, 0.05) is 23.8 Å². The lowest BCUT2D eigenvalue weighted by Gasteiger charge is -2.18. The van der Waals surface area contributed by atoms with E-state index in [1.807, 2.05) is 12.1 Å². The van der Waals surface area contributed by atoms with Crippen molar-refractivity contribution in [3.05, 3.63) is 72.6 Å². The van der Waals surface area contributed by atoms with Crippen LogP contribution in [0.2, 0.25) is 0 Å². The van der Waals surface area contributed by atoms with Crippen molar-refractivity contribution in [2.75, 3.05) is 11.4 Å². The number of nitrogens with zero attached hydrogens (tertiary/aromatic N) is 4. The van der Waals surface area contributed by atoms with Gasteiger partial charge in [-0.2, -0.15) is 13.2 Å². The Hall–Kier alpha value is -3.40. The minimum Gasteiger partial charge on any atom is -0.310 e. The second-order valence-electron chi connectivity index (χ2n) is 6.67. The minimum atomic E-state index is -4.41. The molecule has 6 nitrogen and oxygen atoms in total. The summed E-state index contributed by atoms with van der Waals surface area (Å²) in [7, 11) is 0. The maximum atomic E-state index is 12.8. The zero-order valence-corrected chi connectivity index (χ0v) is 16.7. The Balaban J connectivity index is 1.49. The number of anilines is 1. The Bertz CT molecular complexity index is 1110. The zero-order chi connectivity index (χ0) is 22.0. The summed E-state index contributed by atoms with van der Waals surface area (Å²) in [5, 5.41) is 0. The summed E-state index contributed by atoms with van der Waals surface area (Å²) in [6.07, 6.45) is 3.26. The molecule has 3 heterocycles. The summed E-state index contributed by atoms with van der Waals surface area (Å²) < 4.78 is 37.5. The van der Waals surface area contributed by atoms with Gasteiger partial charge in [-0.05, 0) is 65.9 Å². The molecule has 31 heavy (non-hydrogen) atoms. The fourth-order valence-corrected chi connectivity index (χ4v) is 3.71. The molecule has 3 aromatic rings. The zero-order valence-electron chi connectivity index (χ0n) is 15.9. The monoisotopic (exact) mass is 444 g/mol. The van der Waals surface area contributed by atoms with Crippen molar-refractivity contribution in [1.82, 2.24) is 14.9 Å². The van der Waals surface area contributed by atoms with Gasteiger partial charge in [-0.25, -0.2) is 9.69 Å². The van der Waals surface area contributed by atoms with Gasteiger partial charge in [0.25, 0.3) is 5.91 Å². The molecule has 0 aliphatic carbocycles. The second-order valence-corrected chi connectivity index (χ2v) is 7.81. The number of hydrogen-bond acceptors (Lipinski definition) is 5. The lowest BCUT2D eigenvalue weighted by molar-refractivity contribution is -0.116. The largest absolute Gasteiger partial charge is 0.446 e. The van der Waals surface area contributed by atoms with E-state index in [9.17, 15) is 22.8 Å². The first-order chi connectivity index (χ1) is 14.8. The molecule has 10 heteroatoms. The third-order valence-corrected chi connectivity index (χ3v) is 5.23. The SMILES string of the molecule is O=C1CN(Cc2ccnc(-c3ccccn3)c2)C(=O)N1c1ccc(SC(F)(F)F)cc1. The van der Waals surface area contributed by atoms with E-state index in [1.54, 1.807) is 30.6 Å². The number of amides is 3. The Labute approximate surface area is 179 Å². The molecule has 0 radical (unpaired) electrons. The van der Waals surface area contributed by atoms with Gasteiger partial charge in [0.1, 0.15) is 6.54 Å². The highest BCUT2D eigenvalue weighted by Crippen LogP contribution is 2.37. The van der Waals surface area contributed by atoms with Crippen LogP contribution < -0.4 is 4.90 Å². The molecular formula is C21H15F3N4O2S. The molecule has 1 fully saturated rings. The van der Waals surface area contributed by atoms with Crippen molar-refractivity contribution in [2.45, 2.75) is 16.9 Å². The fourth-order valence-electron chi connectivity index (χ4n) is 3.17. The van der Waals surface area contributed by atoms with Crippen LogP contribution in [0.15, 0.2) is 71.9 Å². The van der Waals surface area contributed by atoms with E-state index in [2.05, 4.69) is 9.97 Å². The van der Waals surface area contributed by atoms with Crippen LogP contribution in [-0.2, 0) is 11.3 Å². The lowest BCUT2D eigenvalue weighted by Crippen LogP contribution is -2.32. The molecule has 0 spiro atoms. The molecule has 2 aromatic heterocycles. The molecule has 0 bridgehead atoms. The number of aromatic nitrogens is 2. The highest BCUT2D eigenvalue weighted by molar-refractivity contribution is 8.00. The topological polar surface area (TPSA) is 66.4 Å². The summed E-state index contributed by atoms with van der Waals surface area (Å²) in [6.45, 7) is 0.0601. The molecule has 158 valence electrons. The molecule has 0 atom stereocenters. The number of imide groups is 1. The number of alkyl halides is 3. The standard InChI is InChI=1S/C21H15F3N4O2S/c22-21(23,24)31-16-6-4-15(5-7-16)28-19(29)13-27(20(28)30)12-14-8-10-26-18(11-14)17-3-1-2-9-25-17/h1-11H,12-13H2. The molecule has 1 aliphatic heterocycles. The van der Waals surface area contributed by atoms with E-state index < -0.39 is 17.4 Å². The first kappa shape index (κ1) is 20.9. The predicted molar refractivity (Wildman–Crippen MR) is 109 cm³/mol. The maximum absolute atomic E-state index is 12.8. The van der Waals surface area contributed by atoms with E-state index in [0.717, 1.165) is 10.5 Å². The van der Waals surface area contributed by atoms with Gasteiger partial charge in [-0.3, -0.25) is 14.8 Å². The second kappa shape index (κ2) is 8.38. The van der Waals surface area contributed by atoms with Gasteiger partial charge in [0.15, 0.2) is 0 Å². The molecule has 0 N–H and O–H groups in total. The van der Waals surface area contributed by atoms with Crippen LogP contribution in [0.3, 0.4) is 0 Å². The molecule has 1 aromatic carbocycles. The first-order valence-electron chi connectivity index (χ1n) is 9.14. The summed E-state index contributed by atoms with van der Waals surface area (Å²) >= 11 is -0.254. The van der Waals surface area contributed by atoms with E-state index in [1.165, 1.54) is 29.2 Å². The minimum absolute atomic E-state index is 0.0222. The van der Waals surface area contributed by atoms with Crippen molar-refractivity contribution in [1.29, 1.82) is 0 Å². The summed E-state index contributed by atoms with van der Waals surface area (Å²) in [5.74, 6) is -0.444. The van der Waals surface area contributed by atoms with Gasteiger partial charge in [-0.1, -0.05) is 6.07 Å². The number of rotatable bonds is 5. The molecule has 0 unspecified atom stereocenters. The molecule has 0 saturated carbocycles. The van der Waals surface area contributed by atoms with E-state index in [0.29, 0.717) is 11.4 Å². The van der Waals surface area contributed by atoms with E-state index in [-0.39, 0.29) is 35.4 Å². The lowest BCUT2D eigenvalue weighted by atomic mass is 10.1. The van der Waals surface area contributed by atoms with Crippen LogP contribution in [0, 0.1) is 0 Å². The quantitative estimate of drug-likeness (QED) is 0.421. The first-order valence-corrected chi connectivity index (χ1v) is 9.96. The number of thioether (sulfide) groups is 1. The van der Waals surface area contributed by atoms with Crippen LogP contribution in [0.4, 0.5) is 23.7 Å². The van der Waals surface area contributed by atoms with Crippen LogP contribution in [0.25, 0.3) is 11.4 Å². The van der Waals surface area contributed by atoms with Crippen LogP contribution in [-0.4, -0.2) is 38.9 Å². The Morgan fingerprint density at radius 3 is 2.35 bits per heavy atom. The van der Waals surface area contributed by atoms with Crippen molar-refractivity contribution in [3.63, 3.8) is 0 Å². The highest BCUT2D eigenvalue weighted by atomic mass is 32.2.